The molecule has 2 rings (SSSR count). The molecule has 0 aromatic heterocycles. The first kappa shape index (κ1) is 12.7. The second-order valence-corrected chi connectivity index (χ2v) is 3.66. The molecule has 0 aliphatic carbocycles. The number of anilines is 1. The summed E-state index contributed by atoms with van der Waals surface area (Å²) in [6.45, 7) is 0. The fraction of sp³-hybridized carbons (Fsp3) is 0.0909. The molecular weight excluding hydrogens is 254 g/mol. The fourth-order valence-corrected chi connectivity index (χ4v) is 1.65. The summed E-state index contributed by atoms with van der Waals surface area (Å²) in [5.74, 6) is -1.33. The zero-order chi connectivity index (χ0) is 14.0. The van der Waals surface area contributed by atoms with Crippen LogP contribution in [0.3, 0.4) is 0 Å². The number of nitrogens with zero attached hydrogens (tertiary/aromatic N) is 3. The molecule has 1 aliphatic heterocycles. The van der Waals surface area contributed by atoms with Crippen molar-refractivity contribution in [2.24, 2.45) is 4.99 Å². The molecule has 0 spiro atoms. The van der Waals surface area contributed by atoms with Crippen molar-refractivity contribution in [2.45, 2.75) is 6.35 Å². The van der Waals surface area contributed by atoms with Crippen molar-refractivity contribution in [1.82, 2.24) is 0 Å². The van der Waals surface area contributed by atoms with E-state index in [1.165, 1.54) is 35.5 Å². The van der Waals surface area contributed by atoms with Gasteiger partial charge in [-0.15, -0.1) is 0 Å². The number of aliphatic hydroxyl groups excluding tert-OH is 1. The van der Waals surface area contributed by atoms with Crippen molar-refractivity contribution in [3.05, 3.63) is 46.2 Å². The van der Waals surface area contributed by atoms with Crippen molar-refractivity contribution < 1.29 is 19.9 Å². The molecule has 2 N–H and O–H groups in total. The Morgan fingerprint density at radius 3 is 2.79 bits per heavy atom. The molecule has 1 atom stereocenters. The molecular formula is C11H9N3O5. The average molecular weight is 263 g/mol. The number of carboxylic acids is 1. The van der Waals surface area contributed by atoms with Gasteiger partial charge in [-0.3, -0.25) is 10.1 Å². The first-order valence-corrected chi connectivity index (χ1v) is 5.19. The third-order valence-electron chi connectivity index (χ3n) is 2.50. The Balaban J connectivity index is 2.51. The number of hydrogen-bond acceptors (Lipinski definition) is 6. The Hall–Kier alpha value is -2.74. The van der Waals surface area contributed by atoms with Crippen molar-refractivity contribution >= 4 is 23.6 Å². The minimum atomic E-state index is -1.33. The molecule has 0 radical (unpaired) electrons. The van der Waals surface area contributed by atoms with Crippen LogP contribution < -0.4 is 4.90 Å². The van der Waals surface area contributed by atoms with Gasteiger partial charge in [-0.05, 0) is 12.1 Å². The van der Waals surface area contributed by atoms with E-state index in [-0.39, 0.29) is 16.9 Å². The van der Waals surface area contributed by atoms with Crippen LogP contribution in [0.25, 0.3) is 0 Å². The van der Waals surface area contributed by atoms with Crippen LogP contribution in [0, 0.1) is 10.1 Å². The van der Waals surface area contributed by atoms with Crippen LogP contribution in [-0.2, 0) is 0 Å². The number of aliphatic hydroxyl groups is 1. The summed E-state index contributed by atoms with van der Waals surface area (Å²) in [5, 5.41) is 29.4. The van der Waals surface area contributed by atoms with E-state index < -0.39 is 17.2 Å². The first-order valence-electron chi connectivity index (χ1n) is 5.19. The van der Waals surface area contributed by atoms with Crippen LogP contribution in [0.2, 0.25) is 0 Å². The number of hydrogen-bond donors (Lipinski definition) is 2. The van der Waals surface area contributed by atoms with Crippen molar-refractivity contribution in [1.29, 1.82) is 0 Å². The number of aliphatic imine (C=N–C) groups is 1. The molecule has 1 aromatic rings. The van der Waals surface area contributed by atoms with Gasteiger partial charge in [-0.2, -0.15) is 0 Å². The van der Waals surface area contributed by atoms with Gasteiger partial charge in [-0.1, -0.05) is 0 Å². The van der Waals surface area contributed by atoms with Gasteiger partial charge in [0, 0.05) is 24.5 Å². The minimum Gasteiger partial charge on any atom is -0.478 e. The lowest BCUT2D eigenvalue weighted by Crippen LogP contribution is -2.31. The Labute approximate surface area is 107 Å². The average Bonchev–Trinajstić information content (AvgIpc) is 2.38. The van der Waals surface area contributed by atoms with Crippen LogP contribution in [0.5, 0.6) is 0 Å². The van der Waals surface area contributed by atoms with Crippen LogP contribution in [0.15, 0.2) is 35.5 Å². The van der Waals surface area contributed by atoms with Crippen molar-refractivity contribution in [3.63, 3.8) is 0 Å². The van der Waals surface area contributed by atoms with Gasteiger partial charge in [0.2, 0.25) is 6.35 Å². The highest BCUT2D eigenvalue weighted by atomic mass is 16.6. The molecule has 0 saturated heterocycles. The molecule has 98 valence electrons. The molecule has 8 heteroatoms. The molecule has 0 bridgehead atoms. The van der Waals surface area contributed by atoms with E-state index >= 15 is 0 Å². The van der Waals surface area contributed by atoms with Gasteiger partial charge in [0.1, 0.15) is 0 Å². The number of allylic oxidation sites excluding steroid dienone is 1. The second kappa shape index (κ2) is 4.86. The van der Waals surface area contributed by atoms with E-state index in [1.807, 2.05) is 0 Å². The van der Waals surface area contributed by atoms with Gasteiger partial charge in [0.05, 0.1) is 16.2 Å². The van der Waals surface area contributed by atoms with E-state index in [2.05, 4.69) is 4.99 Å². The summed E-state index contributed by atoms with van der Waals surface area (Å²) in [7, 11) is 0. The molecule has 1 aliphatic rings. The number of non-ortho nitro benzene ring substituents is 1. The second-order valence-electron chi connectivity index (χ2n) is 3.66. The smallest absolute Gasteiger partial charge is 0.338 e. The lowest BCUT2D eigenvalue weighted by Gasteiger charge is -2.26. The normalized spacial score (nSPS) is 17.5. The maximum atomic E-state index is 11.2. The largest absolute Gasteiger partial charge is 0.478 e. The maximum absolute atomic E-state index is 11.2. The zero-order valence-corrected chi connectivity index (χ0v) is 9.50. The van der Waals surface area contributed by atoms with Crippen LogP contribution >= 0.6 is 0 Å². The summed E-state index contributed by atoms with van der Waals surface area (Å²) in [6.07, 6.45) is 3.06. The third kappa shape index (κ3) is 2.43. The monoisotopic (exact) mass is 263 g/mol. The highest BCUT2D eigenvalue weighted by Gasteiger charge is 2.23. The van der Waals surface area contributed by atoms with Gasteiger partial charge >= 0.3 is 5.97 Å². The Morgan fingerprint density at radius 2 is 2.21 bits per heavy atom. The van der Waals surface area contributed by atoms with Gasteiger partial charge in [-0.25, -0.2) is 9.79 Å². The summed E-state index contributed by atoms with van der Waals surface area (Å²) in [4.78, 5) is 26.0. The number of carboxylic acid groups (broad SMARTS) is 1. The third-order valence-corrected chi connectivity index (χ3v) is 2.50. The molecule has 1 heterocycles. The standard InChI is InChI=1S/C11H9N3O5/c15-10(16)8-6-7(14(18)19)2-3-9(8)13-5-1-4-12-11(13)17/h1-6,11,17H,(H,15,16). The van der Waals surface area contributed by atoms with Crippen LogP contribution in [0.4, 0.5) is 11.4 Å². The topological polar surface area (TPSA) is 116 Å². The lowest BCUT2D eigenvalue weighted by molar-refractivity contribution is -0.384. The van der Waals surface area contributed by atoms with Crippen LogP contribution in [0.1, 0.15) is 10.4 Å². The van der Waals surface area contributed by atoms with Crippen molar-refractivity contribution in [3.8, 4) is 0 Å². The summed E-state index contributed by atoms with van der Waals surface area (Å²) in [5.41, 5.74) is -0.492. The quantitative estimate of drug-likeness (QED) is 0.620. The Bertz CT molecular complexity index is 596. The van der Waals surface area contributed by atoms with Gasteiger partial charge in [0.25, 0.3) is 5.69 Å². The molecule has 1 unspecified atom stereocenters. The predicted octanol–water partition coefficient (Wildman–Crippen LogP) is 0.973. The predicted molar refractivity (Wildman–Crippen MR) is 66.2 cm³/mol. The minimum absolute atomic E-state index is 0.124. The molecule has 8 nitrogen and oxygen atoms in total. The maximum Gasteiger partial charge on any atom is 0.338 e. The summed E-state index contributed by atoms with van der Waals surface area (Å²) < 4.78 is 0. The van der Waals surface area contributed by atoms with E-state index in [9.17, 15) is 20.0 Å². The molecule has 0 saturated carbocycles. The molecule has 0 fully saturated rings. The van der Waals surface area contributed by atoms with E-state index in [0.717, 1.165) is 6.07 Å². The fourth-order valence-electron chi connectivity index (χ4n) is 1.65. The summed E-state index contributed by atoms with van der Waals surface area (Å²) >= 11 is 0. The van der Waals surface area contributed by atoms with E-state index in [1.54, 1.807) is 0 Å². The van der Waals surface area contributed by atoms with E-state index in [4.69, 9.17) is 5.11 Å². The SMILES string of the molecule is O=C(O)c1cc([N+](=O)[O-])ccc1N1C=CC=NC1O. The van der Waals surface area contributed by atoms with Crippen molar-refractivity contribution in [2.75, 3.05) is 4.90 Å². The number of rotatable bonds is 3. The number of aromatic carboxylic acids is 1. The highest BCUT2D eigenvalue weighted by Crippen LogP contribution is 2.28. The Morgan fingerprint density at radius 1 is 1.47 bits per heavy atom. The van der Waals surface area contributed by atoms with Gasteiger partial charge < -0.3 is 15.1 Å². The zero-order valence-electron chi connectivity index (χ0n) is 9.50. The number of nitro benzene ring substituents is 1. The Kier molecular flexibility index (Phi) is 3.25. The lowest BCUT2D eigenvalue weighted by atomic mass is 10.1. The summed E-state index contributed by atoms with van der Waals surface area (Å²) in [6, 6.07) is 3.37. The molecule has 19 heavy (non-hydrogen) atoms. The van der Waals surface area contributed by atoms with Crippen LogP contribution in [-0.4, -0.2) is 33.7 Å². The number of nitro groups is 1. The number of carbonyl (C=O) groups is 1. The highest BCUT2D eigenvalue weighted by molar-refractivity contribution is 5.96. The first-order chi connectivity index (χ1) is 9.00. The van der Waals surface area contributed by atoms with E-state index in [0.29, 0.717) is 0 Å². The molecule has 1 aromatic carbocycles. The number of benzene rings is 1. The van der Waals surface area contributed by atoms with Gasteiger partial charge in [0.15, 0.2) is 0 Å². The molecule has 0 amide bonds.